The molecule has 2 N–H and O–H groups in total. The third kappa shape index (κ3) is 3.41. The predicted octanol–water partition coefficient (Wildman–Crippen LogP) is 1.88. The molecule has 0 radical (unpaired) electrons. The maximum absolute atomic E-state index is 12.4. The van der Waals surface area contributed by atoms with Crippen LogP contribution in [0.25, 0.3) is 0 Å². The van der Waals surface area contributed by atoms with E-state index in [4.69, 9.17) is 5.73 Å². The van der Waals surface area contributed by atoms with Crippen molar-refractivity contribution < 1.29 is 4.79 Å². The molecule has 2 atom stereocenters. The fraction of sp³-hybridized carbons (Fsp3) is 0.786. The molecule has 1 aromatic heterocycles. The molecule has 1 saturated carbocycles. The summed E-state index contributed by atoms with van der Waals surface area (Å²) in [5.41, 5.74) is 6.14. The van der Waals surface area contributed by atoms with Crippen LogP contribution in [0.2, 0.25) is 0 Å². The molecule has 5 nitrogen and oxygen atoms in total. The van der Waals surface area contributed by atoms with Gasteiger partial charge in [0.1, 0.15) is 17.9 Å². The van der Waals surface area contributed by atoms with E-state index >= 15 is 0 Å². The summed E-state index contributed by atoms with van der Waals surface area (Å²) in [5, 5.41) is 4.17. The molecule has 0 bridgehead atoms. The second-order valence-corrected chi connectivity index (χ2v) is 5.77. The topological polar surface area (TPSA) is 73.8 Å². The molecule has 2 unspecified atom stereocenters. The van der Waals surface area contributed by atoms with Crippen LogP contribution >= 0.6 is 0 Å². The lowest BCUT2D eigenvalue weighted by atomic mass is 9.89. The van der Waals surface area contributed by atoms with Gasteiger partial charge in [0.05, 0.1) is 6.42 Å². The van der Waals surface area contributed by atoms with Gasteiger partial charge in [0.2, 0.25) is 0 Å². The first kappa shape index (κ1) is 14.2. The van der Waals surface area contributed by atoms with Gasteiger partial charge in [-0.25, -0.2) is 9.67 Å². The van der Waals surface area contributed by atoms with E-state index in [1.54, 1.807) is 0 Å². The number of carbonyl (C=O) groups excluding carboxylic acids is 1. The van der Waals surface area contributed by atoms with Crippen LogP contribution < -0.4 is 5.73 Å². The van der Waals surface area contributed by atoms with Gasteiger partial charge in [-0.1, -0.05) is 19.3 Å². The SMILES string of the molecule is CC(C)n1ncnc1CC(=O)C1CCCCCC1N. The Morgan fingerprint density at radius 3 is 2.89 bits per heavy atom. The molecule has 1 aromatic rings. The number of rotatable bonds is 4. The number of nitrogens with two attached hydrogens (primary N) is 1. The molecule has 106 valence electrons. The summed E-state index contributed by atoms with van der Waals surface area (Å²) in [4.78, 5) is 16.7. The summed E-state index contributed by atoms with van der Waals surface area (Å²) in [6.45, 7) is 4.08. The van der Waals surface area contributed by atoms with Crippen molar-refractivity contribution in [3.63, 3.8) is 0 Å². The molecule has 0 aromatic carbocycles. The smallest absolute Gasteiger partial charge is 0.145 e. The maximum atomic E-state index is 12.4. The number of ketones is 1. The quantitative estimate of drug-likeness (QED) is 0.843. The van der Waals surface area contributed by atoms with E-state index < -0.39 is 0 Å². The Labute approximate surface area is 114 Å². The largest absolute Gasteiger partial charge is 0.327 e. The van der Waals surface area contributed by atoms with Gasteiger partial charge in [0.15, 0.2) is 0 Å². The average molecular weight is 264 g/mol. The van der Waals surface area contributed by atoms with Crippen molar-refractivity contribution in [2.24, 2.45) is 11.7 Å². The van der Waals surface area contributed by atoms with Crippen molar-refractivity contribution in [3.05, 3.63) is 12.2 Å². The van der Waals surface area contributed by atoms with Gasteiger partial charge in [-0.15, -0.1) is 0 Å². The molecular weight excluding hydrogens is 240 g/mol. The zero-order chi connectivity index (χ0) is 13.8. The Morgan fingerprint density at radius 1 is 1.42 bits per heavy atom. The number of hydrogen-bond acceptors (Lipinski definition) is 4. The highest BCUT2D eigenvalue weighted by Crippen LogP contribution is 2.24. The van der Waals surface area contributed by atoms with E-state index in [1.807, 2.05) is 18.5 Å². The van der Waals surface area contributed by atoms with E-state index in [9.17, 15) is 4.79 Å². The minimum absolute atomic E-state index is 0.000174. The van der Waals surface area contributed by atoms with Crippen molar-refractivity contribution in [2.75, 3.05) is 0 Å². The molecule has 0 aliphatic heterocycles. The van der Waals surface area contributed by atoms with Crippen LogP contribution in [0.4, 0.5) is 0 Å². The van der Waals surface area contributed by atoms with Gasteiger partial charge in [-0.3, -0.25) is 4.79 Å². The highest BCUT2D eigenvalue weighted by atomic mass is 16.1. The first-order valence-corrected chi connectivity index (χ1v) is 7.26. The van der Waals surface area contributed by atoms with Crippen molar-refractivity contribution >= 4 is 5.78 Å². The van der Waals surface area contributed by atoms with Crippen LogP contribution in [0.3, 0.4) is 0 Å². The third-order valence-corrected chi connectivity index (χ3v) is 3.95. The minimum atomic E-state index is -0.000174. The molecule has 2 rings (SSSR count). The Balaban J connectivity index is 2.05. The fourth-order valence-electron chi connectivity index (χ4n) is 2.85. The first-order valence-electron chi connectivity index (χ1n) is 7.26. The first-order chi connectivity index (χ1) is 9.09. The van der Waals surface area contributed by atoms with E-state index in [0.29, 0.717) is 6.42 Å². The summed E-state index contributed by atoms with van der Waals surface area (Å²) in [7, 11) is 0. The van der Waals surface area contributed by atoms with Crippen LogP contribution in [-0.2, 0) is 11.2 Å². The van der Waals surface area contributed by atoms with Gasteiger partial charge in [-0.2, -0.15) is 5.10 Å². The molecule has 0 spiro atoms. The Kier molecular flexibility index (Phi) is 4.69. The molecule has 0 saturated heterocycles. The number of carbonyl (C=O) groups is 1. The monoisotopic (exact) mass is 264 g/mol. The normalized spacial score (nSPS) is 24.4. The summed E-state index contributed by atoms with van der Waals surface area (Å²) in [6.07, 6.45) is 7.23. The van der Waals surface area contributed by atoms with E-state index in [1.165, 1.54) is 12.7 Å². The summed E-state index contributed by atoms with van der Waals surface area (Å²) in [5.74, 6) is 0.987. The fourth-order valence-corrected chi connectivity index (χ4v) is 2.85. The van der Waals surface area contributed by atoms with E-state index in [0.717, 1.165) is 31.5 Å². The maximum Gasteiger partial charge on any atom is 0.145 e. The number of hydrogen-bond donors (Lipinski definition) is 1. The molecule has 19 heavy (non-hydrogen) atoms. The molecule has 5 heteroatoms. The third-order valence-electron chi connectivity index (χ3n) is 3.95. The standard InChI is InChI=1S/C14H24N4O/c1-10(2)18-14(16-9-17-18)8-13(19)11-6-4-3-5-7-12(11)15/h9-12H,3-8,15H2,1-2H3. The van der Waals surface area contributed by atoms with Crippen LogP contribution in [0.5, 0.6) is 0 Å². The van der Waals surface area contributed by atoms with Crippen molar-refractivity contribution in [1.82, 2.24) is 14.8 Å². The van der Waals surface area contributed by atoms with Crippen LogP contribution in [0.15, 0.2) is 6.33 Å². The highest BCUT2D eigenvalue weighted by molar-refractivity contribution is 5.83. The van der Waals surface area contributed by atoms with Gasteiger partial charge in [-0.05, 0) is 26.7 Å². The average Bonchev–Trinajstić information content (AvgIpc) is 2.70. The number of nitrogens with zero attached hydrogens (tertiary/aromatic N) is 3. The predicted molar refractivity (Wildman–Crippen MR) is 73.7 cm³/mol. The molecule has 1 aliphatic carbocycles. The molecule has 1 fully saturated rings. The van der Waals surface area contributed by atoms with Crippen molar-refractivity contribution in [2.45, 2.75) is 64.5 Å². The van der Waals surface area contributed by atoms with Crippen molar-refractivity contribution in [3.8, 4) is 0 Å². The van der Waals surface area contributed by atoms with E-state index in [-0.39, 0.29) is 23.8 Å². The molecule has 0 amide bonds. The summed E-state index contributed by atoms with van der Waals surface area (Å²) < 4.78 is 1.82. The summed E-state index contributed by atoms with van der Waals surface area (Å²) >= 11 is 0. The van der Waals surface area contributed by atoms with Gasteiger partial charge in [0.25, 0.3) is 0 Å². The van der Waals surface area contributed by atoms with Gasteiger partial charge in [0, 0.05) is 18.0 Å². The summed E-state index contributed by atoms with van der Waals surface area (Å²) in [6, 6.07) is 0.249. The zero-order valence-corrected chi connectivity index (χ0v) is 11.9. The lowest BCUT2D eigenvalue weighted by Crippen LogP contribution is -2.35. The highest BCUT2D eigenvalue weighted by Gasteiger charge is 2.28. The number of aromatic nitrogens is 3. The van der Waals surface area contributed by atoms with Crippen LogP contribution in [-0.4, -0.2) is 26.6 Å². The molecule has 1 heterocycles. The molecular formula is C14H24N4O. The Morgan fingerprint density at radius 2 is 2.16 bits per heavy atom. The Bertz CT molecular complexity index is 427. The lowest BCUT2D eigenvalue weighted by Gasteiger charge is -2.20. The van der Waals surface area contributed by atoms with Gasteiger partial charge < -0.3 is 5.73 Å². The number of Topliss-reactive ketones (excluding diaryl/α,β-unsaturated/α-hetero) is 1. The molecule has 1 aliphatic rings. The second kappa shape index (κ2) is 6.28. The van der Waals surface area contributed by atoms with E-state index in [2.05, 4.69) is 10.1 Å². The lowest BCUT2D eigenvalue weighted by molar-refractivity contribution is -0.123. The van der Waals surface area contributed by atoms with Gasteiger partial charge >= 0.3 is 0 Å². The Hall–Kier alpha value is -1.23. The van der Waals surface area contributed by atoms with Crippen LogP contribution in [0.1, 0.15) is 57.8 Å². The minimum Gasteiger partial charge on any atom is -0.327 e. The zero-order valence-electron chi connectivity index (χ0n) is 11.9. The van der Waals surface area contributed by atoms with Crippen molar-refractivity contribution in [1.29, 1.82) is 0 Å². The van der Waals surface area contributed by atoms with Crippen LogP contribution in [0, 0.1) is 5.92 Å². The second-order valence-electron chi connectivity index (χ2n) is 5.77.